The lowest BCUT2D eigenvalue weighted by molar-refractivity contribution is 0.0536. The van der Waals surface area contributed by atoms with E-state index in [4.69, 9.17) is 19.2 Å². The number of hydrogen-bond acceptors (Lipinski definition) is 5. The minimum atomic E-state index is 0. The third-order valence-corrected chi connectivity index (χ3v) is 4.27. The van der Waals surface area contributed by atoms with Gasteiger partial charge in [-0.05, 0) is 32.8 Å². The maximum atomic E-state index is 5.68. The molecule has 0 amide bonds. The molecule has 1 unspecified atom stereocenters. The van der Waals surface area contributed by atoms with Gasteiger partial charge in [-0.15, -0.1) is 24.0 Å². The Labute approximate surface area is 186 Å². The van der Waals surface area contributed by atoms with Crippen LogP contribution in [0.4, 0.5) is 0 Å². The molecule has 1 aliphatic heterocycles. The number of guanidine groups is 1. The van der Waals surface area contributed by atoms with Crippen molar-refractivity contribution in [3.05, 3.63) is 23.9 Å². The second kappa shape index (κ2) is 13.9. The van der Waals surface area contributed by atoms with Crippen molar-refractivity contribution in [2.24, 2.45) is 10.9 Å². The molecule has 1 saturated heterocycles. The first-order valence-electron chi connectivity index (χ1n) is 9.83. The van der Waals surface area contributed by atoms with Crippen LogP contribution in [0.1, 0.15) is 32.8 Å². The summed E-state index contributed by atoms with van der Waals surface area (Å²) in [7, 11) is 1.69. The van der Waals surface area contributed by atoms with Crippen molar-refractivity contribution < 1.29 is 14.2 Å². The van der Waals surface area contributed by atoms with Crippen LogP contribution in [0.2, 0.25) is 0 Å². The molecule has 7 nitrogen and oxygen atoms in total. The third kappa shape index (κ3) is 8.91. The Morgan fingerprint density at radius 2 is 2.18 bits per heavy atom. The number of rotatable bonds is 10. The molecular weight excluding hydrogens is 471 g/mol. The zero-order valence-corrected chi connectivity index (χ0v) is 19.8. The predicted octanol–water partition coefficient (Wildman–Crippen LogP) is 2.94. The van der Waals surface area contributed by atoms with E-state index in [0.29, 0.717) is 31.6 Å². The van der Waals surface area contributed by atoms with Gasteiger partial charge in [-0.25, -0.2) is 9.98 Å². The van der Waals surface area contributed by atoms with Gasteiger partial charge < -0.3 is 24.4 Å². The van der Waals surface area contributed by atoms with Gasteiger partial charge in [0.1, 0.15) is 0 Å². The van der Waals surface area contributed by atoms with Crippen LogP contribution in [0, 0.1) is 5.92 Å². The molecule has 0 radical (unpaired) electrons. The van der Waals surface area contributed by atoms with Crippen LogP contribution in [0.15, 0.2) is 23.3 Å². The maximum Gasteiger partial charge on any atom is 0.213 e. The number of methoxy groups -OCH3 is 1. The van der Waals surface area contributed by atoms with Crippen LogP contribution in [0.25, 0.3) is 0 Å². The van der Waals surface area contributed by atoms with Gasteiger partial charge in [0, 0.05) is 44.9 Å². The summed E-state index contributed by atoms with van der Waals surface area (Å²) in [6.45, 7) is 11.6. The summed E-state index contributed by atoms with van der Waals surface area (Å²) in [6.07, 6.45) is 3.09. The smallest absolute Gasteiger partial charge is 0.213 e. The molecule has 2 rings (SSSR count). The van der Waals surface area contributed by atoms with Crippen molar-refractivity contribution in [1.29, 1.82) is 0 Å². The van der Waals surface area contributed by atoms with Gasteiger partial charge >= 0.3 is 0 Å². The fourth-order valence-electron chi connectivity index (χ4n) is 2.96. The average molecular weight is 506 g/mol. The molecule has 2 heterocycles. The van der Waals surface area contributed by atoms with Crippen LogP contribution in [-0.4, -0.2) is 68.5 Å². The van der Waals surface area contributed by atoms with Crippen LogP contribution < -0.4 is 10.1 Å². The summed E-state index contributed by atoms with van der Waals surface area (Å²) in [5.74, 6) is 2.15. The van der Waals surface area contributed by atoms with Crippen LogP contribution in [0.3, 0.4) is 0 Å². The first-order chi connectivity index (χ1) is 13.1. The van der Waals surface area contributed by atoms with E-state index in [1.165, 1.54) is 0 Å². The van der Waals surface area contributed by atoms with Crippen molar-refractivity contribution >= 4 is 29.9 Å². The third-order valence-electron chi connectivity index (χ3n) is 4.27. The minimum absolute atomic E-state index is 0. The molecule has 160 valence electrons. The Bertz CT molecular complexity index is 569. The van der Waals surface area contributed by atoms with Crippen molar-refractivity contribution in [2.75, 3.05) is 46.6 Å². The van der Waals surface area contributed by atoms with Crippen LogP contribution in [0.5, 0.6) is 5.88 Å². The summed E-state index contributed by atoms with van der Waals surface area (Å²) < 4.78 is 16.3. The van der Waals surface area contributed by atoms with Crippen molar-refractivity contribution in [3.63, 3.8) is 0 Å². The summed E-state index contributed by atoms with van der Waals surface area (Å²) in [5.41, 5.74) is 1.07. The molecule has 0 spiro atoms. The lowest BCUT2D eigenvalue weighted by Crippen LogP contribution is -2.40. The zero-order chi connectivity index (χ0) is 19.5. The summed E-state index contributed by atoms with van der Waals surface area (Å²) in [4.78, 5) is 11.5. The lowest BCUT2D eigenvalue weighted by atomic mass is 10.1. The lowest BCUT2D eigenvalue weighted by Gasteiger charge is -2.21. The summed E-state index contributed by atoms with van der Waals surface area (Å²) in [6, 6.07) is 3.93. The molecule has 1 atom stereocenters. The summed E-state index contributed by atoms with van der Waals surface area (Å²) >= 11 is 0. The van der Waals surface area contributed by atoms with E-state index in [-0.39, 0.29) is 30.1 Å². The zero-order valence-electron chi connectivity index (χ0n) is 17.5. The second-order valence-electron chi connectivity index (χ2n) is 7.01. The van der Waals surface area contributed by atoms with E-state index < -0.39 is 0 Å². The van der Waals surface area contributed by atoms with E-state index in [0.717, 1.165) is 44.2 Å². The molecule has 1 aromatic heterocycles. The van der Waals surface area contributed by atoms with E-state index in [1.54, 1.807) is 7.11 Å². The fraction of sp³-hybridized carbons (Fsp3) is 0.700. The highest BCUT2D eigenvalue weighted by molar-refractivity contribution is 14.0. The largest absolute Gasteiger partial charge is 0.475 e. The number of aromatic nitrogens is 1. The number of nitrogens with one attached hydrogen (secondary N) is 1. The first kappa shape index (κ1) is 24.9. The number of nitrogens with zero attached hydrogens (tertiary/aromatic N) is 3. The normalized spacial score (nSPS) is 17.0. The maximum absolute atomic E-state index is 5.68. The van der Waals surface area contributed by atoms with Gasteiger partial charge in [0.25, 0.3) is 0 Å². The van der Waals surface area contributed by atoms with Crippen molar-refractivity contribution in [3.8, 4) is 5.88 Å². The molecule has 28 heavy (non-hydrogen) atoms. The molecule has 0 aliphatic carbocycles. The average Bonchev–Trinajstić information content (AvgIpc) is 3.12. The van der Waals surface area contributed by atoms with Gasteiger partial charge in [-0.1, -0.05) is 6.07 Å². The standard InChI is InChI=1S/C20H34N4O3.HI/c1-5-21-20(24-9-8-18(14-24)15-26-11-10-25-4)23-13-17-6-7-19(22-12-17)27-16(2)3;/h6-7,12,16,18H,5,8-11,13-15H2,1-4H3,(H,21,23);1H. The number of hydrogen-bond donors (Lipinski definition) is 1. The molecule has 1 aromatic rings. The highest BCUT2D eigenvalue weighted by Gasteiger charge is 2.24. The minimum Gasteiger partial charge on any atom is -0.475 e. The van der Waals surface area contributed by atoms with Crippen molar-refractivity contribution in [2.45, 2.75) is 39.8 Å². The molecule has 1 aliphatic rings. The molecule has 0 bridgehead atoms. The highest BCUT2D eigenvalue weighted by Crippen LogP contribution is 2.17. The monoisotopic (exact) mass is 506 g/mol. The van der Waals surface area contributed by atoms with Gasteiger partial charge in [0.05, 0.1) is 32.5 Å². The molecular formula is C20H35IN4O3. The van der Waals surface area contributed by atoms with Gasteiger partial charge in [-0.3, -0.25) is 0 Å². The Morgan fingerprint density at radius 3 is 2.82 bits per heavy atom. The topological polar surface area (TPSA) is 68.2 Å². The molecule has 0 saturated carbocycles. The van der Waals surface area contributed by atoms with Gasteiger partial charge in [0.2, 0.25) is 5.88 Å². The summed E-state index contributed by atoms with van der Waals surface area (Å²) in [5, 5.41) is 3.40. The van der Waals surface area contributed by atoms with Gasteiger partial charge in [-0.2, -0.15) is 0 Å². The Hall–Kier alpha value is -1.13. The first-order valence-corrected chi connectivity index (χ1v) is 9.83. The quantitative estimate of drug-likeness (QED) is 0.228. The van der Waals surface area contributed by atoms with Crippen LogP contribution in [-0.2, 0) is 16.0 Å². The SMILES string of the molecule is CCNC(=NCc1ccc(OC(C)C)nc1)N1CCC(COCCOC)C1.I. The number of halogens is 1. The Morgan fingerprint density at radius 1 is 1.36 bits per heavy atom. The Balaban J connectivity index is 0.00000392. The number of likely N-dealkylation sites (tertiary alicyclic amines) is 1. The van der Waals surface area contributed by atoms with Crippen molar-refractivity contribution in [1.82, 2.24) is 15.2 Å². The molecule has 0 aromatic carbocycles. The second-order valence-corrected chi connectivity index (χ2v) is 7.01. The number of ether oxygens (including phenoxy) is 3. The highest BCUT2D eigenvalue weighted by atomic mass is 127. The van der Waals surface area contributed by atoms with E-state index in [1.807, 2.05) is 32.2 Å². The fourth-order valence-corrected chi connectivity index (χ4v) is 2.96. The molecule has 8 heteroatoms. The van der Waals surface area contributed by atoms with E-state index in [9.17, 15) is 0 Å². The Kier molecular flexibility index (Phi) is 12.4. The molecule has 1 fully saturated rings. The van der Waals surface area contributed by atoms with Gasteiger partial charge in [0.15, 0.2) is 5.96 Å². The number of pyridine rings is 1. The van der Waals surface area contributed by atoms with E-state index >= 15 is 0 Å². The van der Waals surface area contributed by atoms with E-state index in [2.05, 4.69) is 22.1 Å². The molecule has 1 N–H and O–H groups in total. The predicted molar refractivity (Wildman–Crippen MR) is 123 cm³/mol. The number of aliphatic imine (C=N–C) groups is 1. The van der Waals surface area contributed by atoms with Crippen LogP contribution >= 0.6 is 24.0 Å².